The van der Waals surface area contributed by atoms with Crippen LogP contribution in [0.1, 0.15) is 52.4 Å². The molecule has 0 rings (SSSR count). The van der Waals surface area contributed by atoms with Gasteiger partial charge in [0.25, 0.3) is 0 Å². The average Bonchev–Trinajstić information content (AvgIpc) is 2.31. The molecular weight excluding hydrogens is 216 g/mol. The van der Waals surface area contributed by atoms with Crippen LogP contribution in [0.5, 0.6) is 0 Å². The monoisotopic (exact) mass is 240 g/mol. The zero-order valence-corrected chi connectivity index (χ0v) is 11.0. The lowest BCUT2D eigenvalue weighted by Crippen LogP contribution is -2.25. The summed E-state index contributed by atoms with van der Waals surface area (Å²) in [4.78, 5) is 23.4. The predicted octanol–water partition coefficient (Wildman–Crippen LogP) is 3.28. The molecule has 0 aliphatic heterocycles. The lowest BCUT2D eigenvalue weighted by molar-refractivity contribution is -0.151. The Hall–Kier alpha value is -1.12. The molecule has 0 aromatic heterocycles. The summed E-state index contributed by atoms with van der Waals surface area (Å²) in [5, 5.41) is 0. The molecule has 0 fully saturated rings. The minimum Gasteiger partial charge on any atom is -0.465 e. The van der Waals surface area contributed by atoms with Gasteiger partial charge in [-0.2, -0.15) is 0 Å². The molecule has 0 heterocycles. The molecule has 0 bridgehead atoms. The lowest BCUT2D eigenvalue weighted by atomic mass is 9.96. The standard InChI is InChI=1S/C14H24O3/c1-4-7-8-9-11-13(15)12(10-5-2)14(16)17-6-3/h5,12H,2,4,6-11H2,1,3H3. The predicted molar refractivity (Wildman–Crippen MR) is 68.7 cm³/mol. The van der Waals surface area contributed by atoms with Gasteiger partial charge in [0, 0.05) is 6.42 Å². The number of ether oxygens (including phenoxy) is 1. The average molecular weight is 240 g/mol. The Bertz CT molecular complexity index is 246. The number of unbranched alkanes of at least 4 members (excludes halogenated alkanes) is 3. The Labute approximate surface area is 104 Å². The van der Waals surface area contributed by atoms with Gasteiger partial charge in [0.2, 0.25) is 0 Å². The number of carbonyl (C=O) groups is 2. The first-order chi connectivity index (χ1) is 8.17. The zero-order chi connectivity index (χ0) is 13.1. The van der Waals surface area contributed by atoms with E-state index in [9.17, 15) is 9.59 Å². The SMILES string of the molecule is C=CCC(C(=O)CCCCCC)C(=O)OCC. The molecule has 1 atom stereocenters. The molecule has 0 saturated heterocycles. The summed E-state index contributed by atoms with van der Waals surface area (Å²) in [5.41, 5.74) is 0. The van der Waals surface area contributed by atoms with Crippen LogP contribution in [0, 0.1) is 5.92 Å². The summed E-state index contributed by atoms with van der Waals surface area (Å²) in [7, 11) is 0. The molecule has 17 heavy (non-hydrogen) atoms. The smallest absolute Gasteiger partial charge is 0.316 e. The fourth-order valence-electron chi connectivity index (χ4n) is 1.67. The highest BCUT2D eigenvalue weighted by molar-refractivity contribution is 5.99. The lowest BCUT2D eigenvalue weighted by Gasteiger charge is -2.12. The van der Waals surface area contributed by atoms with Crippen molar-refractivity contribution in [3.8, 4) is 0 Å². The number of carbonyl (C=O) groups excluding carboxylic acids is 2. The largest absolute Gasteiger partial charge is 0.465 e. The van der Waals surface area contributed by atoms with Gasteiger partial charge >= 0.3 is 5.97 Å². The summed E-state index contributed by atoms with van der Waals surface area (Å²) in [6, 6.07) is 0. The van der Waals surface area contributed by atoms with E-state index in [-0.39, 0.29) is 5.78 Å². The molecule has 0 N–H and O–H groups in total. The maximum absolute atomic E-state index is 11.9. The van der Waals surface area contributed by atoms with Crippen molar-refractivity contribution in [1.82, 2.24) is 0 Å². The van der Waals surface area contributed by atoms with Crippen molar-refractivity contribution in [3.63, 3.8) is 0 Å². The van der Waals surface area contributed by atoms with Crippen LogP contribution in [0.15, 0.2) is 12.7 Å². The van der Waals surface area contributed by atoms with Gasteiger partial charge in [-0.1, -0.05) is 32.3 Å². The highest BCUT2D eigenvalue weighted by atomic mass is 16.5. The maximum Gasteiger partial charge on any atom is 0.316 e. The first kappa shape index (κ1) is 15.9. The van der Waals surface area contributed by atoms with Crippen molar-refractivity contribution in [2.45, 2.75) is 52.4 Å². The number of ketones is 1. The normalized spacial score (nSPS) is 11.9. The van der Waals surface area contributed by atoms with Crippen LogP contribution in [-0.4, -0.2) is 18.4 Å². The number of Topliss-reactive ketones (excluding diaryl/α,β-unsaturated/α-hetero) is 1. The fourth-order valence-corrected chi connectivity index (χ4v) is 1.67. The first-order valence-corrected chi connectivity index (χ1v) is 6.47. The second-order valence-corrected chi connectivity index (χ2v) is 4.11. The van der Waals surface area contributed by atoms with Gasteiger partial charge in [-0.3, -0.25) is 9.59 Å². The van der Waals surface area contributed by atoms with E-state index in [1.165, 1.54) is 0 Å². The molecule has 0 aromatic carbocycles. The Balaban J connectivity index is 4.14. The van der Waals surface area contributed by atoms with Crippen molar-refractivity contribution in [2.75, 3.05) is 6.61 Å². The third-order valence-corrected chi connectivity index (χ3v) is 2.64. The first-order valence-electron chi connectivity index (χ1n) is 6.47. The van der Waals surface area contributed by atoms with Gasteiger partial charge < -0.3 is 4.74 Å². The Kier molecular flexibility index (Phi) is 9.40. The molecule has 3 nitrogen and oxygen atoms in total. The van der Waals surface area contributed by atoms with E-state index in [0.717, 1.165) is 25.7 Å². The van der Waals surface area contributed by atoms with Crippen LogP contribution in [0.4, 0.5) is 0 Å². The molecule has 0 amide bonds. The van der Waals surface area contributed by atoms with E-state index in [2.05, 4.69) is 13.5 Å². The van der Waals surface area contributed by atoms with E-state index in [0.29, 0.717) is 19.4 Å². The van der Waals surface area contributed by atoms with Crippen molar-refractivity contribution >= 4 is 11.8 Å². The van der Waals surface area contributed by atoms with Crippen molar-refractivity contribution in [3.05, 3.63) is 12.7 Å². The van der Waals surface area contributed by atoms with Crippen LogP contribution < -0.4 is 0 Å². The van der Waals surface area contributed by atoms with Crippen molar-refractivity contribution in [2.24, 2.45) is 5.92 Å². The van der Waals surface area contributed by atoms with E-state index in [1.54, 1.807) is 13.0 Å². The second kappa shape index (κ2) is 10.1. The number of allylic oxidation sites excluding steroid dienone is 1. The van der Waals surface area contributed by atoms with Gasteiger partial charge in [-0.05, 0) is 19.8 Å². The third-order valence-electron chi connectivity index (χ3n) is 2.64. The van der Waals surface area contributed by atoms with E-state index in [1.807, 2.05) is 0 Å². The molecule has 0 aliphatic rings. The summed E-state index contributed by atoms with van der Waals surface area (Å²) >= 11 is 0. The number of rotatable bonds is 10. The van der Waals surface area contributed by atoms with E-state index >= 15 is 0 Å². The van der Waals surface area contributed by atoms with Crippen LogP contribution in [0.3, 0.4) is 0 Å². The molecule has 98 valence electrons. The highest BCUT2D eigenvalue weighted by Gasteiger charge is 2.25. The molecule has 0 aliphatic carbocycles. The van der Waals surface area contributed by atoms with Gasteiger partial charge in [-0.15, -0.1) is 6.58 Å². The quantitative estimate of drug-likeness (QED) is 0.255. The molecule has 0 radical (unpaired) electrons. The zero-order valence-electron chi connectivity index (χ0n) is 11.0. The van der Waals surface area contributed by atoms with Gasteiger partial charge in [0.05, 0.1) is 6.61 Å². The summed E-state index contributed by atoms with van der Waals surface area (Å²) in [6.07, 6.45) is 6.64. The highest BCUT2D eigenvalue weighted by Crippen LogP contribution is 2.13. The number of hydrogen-bond donors (Lipinski definition) is 0. The maximum atomic E-state index is 11.9. The van der Waals surface area contributed by atoms with Crippen LogP contribution in [0.2, 0.25) is 0 Å². The molecule has 0 aromatic rings. The van der Waals surface area contributed by atoms with E-state index < -0.39 is 11.9 Å². The van der Waals surface area contributed by atoms with Crippen molar-refractivity contribution < 1.29 is 14.3 Å². The summed E-state index contributed by atoms with van der Waals surface area (Å²) < 4.78 is 4.90. The molecule has 0 spiro atoms. The number of hydrogen-bond acceptors (Lipinski definition) is 3. The Morgan fingerprint density at radius 3 is 2.47 bits per heavy atom. The van der Waals surface area contributed by atoms with Crippen LogP contribution >= 0.6 is 0 Å². The third kappa shape index (κ3) is 6.93. The fraction of sp³-hybridized carbons (Fsp3) is 0.714. The van der Waals surface area contributed by atoms with Gasteiger partial charge in [0.15, 0.2) is 0 Å². The Morgan fingerprint density at radius 2 is 1.94 bits per heavy atom. The molecule has 1 unspecified atom stereocenters. The van der Waals surface area contributed by atoms with E-state index in [4.69, 9.17) is 4.74 Å². The van der Waals surface area contributed by atoms with Gasteiger partial charge in [0.1, 0.15) is 11.7 Å². The molecular formula is C14H24O3. The van der Waals surface area contributed by atoms with Crippen molar-refractivity contribution in [1.29, 1.82) is 0 Å². The minimum absolute atomic E-state index is 0.0144. The van der Waals surface area contributed by atoms with Crippen LogP contribution in [0.25, 0.3) is 0 Å². The van der Waals surface area contributed by atoms with Gasteiger partial charge in [-0.25, -0.2) is 0 Å². The molecule has 3 heteroatoms. The molecule has 0 saturated carbocycles. The number of esters is 1. The topological polar surface area (TPSA) is 43.4 Å². The van der Waals surface area contributed by atoms with Crippen LogP contribution in [-0.2, 0) is 14.3 Å². The minimum atomic E-state index is -0.644. The second-order valence-electron chi connectivity index (χ2n) is 4.11. The Morgan fingerprint density at radius 1 is 1.24 bits per heavy atom. The summed E-state index contributed by atoms with van der Waals surface area (Å²) in [5.74, 6) is -1.07. The summed E-state index contributed by atoms with van der Waals surface area (Å²) in [6.45, 7) is 7.76.